The highest BCUT2D eigenvalue weighted by atomic mass is 16.5. The molecule has 0 N–H and O–H groups in total. The van der Waals surface area contributed by atoms with E-state index >= 15 is 0 Å². The van der Waals surface area contributed by atoms with Crippen LogP contribution >= 0.6 is 0 Å². The molecule has 1 heterocycles. The Hall–Kier alpha value is -0.410. The molecular weight excluding hydrogens is 202 g/mol. The summed E-state index contributed by atoms with van der Waals surface area (Å²) in [5.74, 6) is 0.858. The summed E-state index contributed by atoms with van der Waals surface area (Å²) < 4.78 is 5.32. The number of Topliss-reactive ketones (excluding diaryl/α,β-unsaturated/α-hetero) is 1. The predicted octanol–water partition coefficient (Wildman–Crippen LogP) is 2.10. The highest BCUT2D eigenvalue weighted by molar-refractivity contribution is 5.87. The third-order valence-electron chi connectivity index (χ3n) is 3.71. The lowest BCUT2D eigenvalue weighted by Crippen LogP contribution is -2.54. The molecule has 0 aromatic rings. The number of hydrogen-bond acceptors (Lipinski definition) is 3. The summed E-state index contributed by atoms with van der Waals surface area (Å²) in [5.41, 5.74) is -0.326. The van der Waals surface area contributed by atoms with E-state index < -0.39 is 0 Å². The monoisotopic (exact) mass is 227 g/mol. The van der Waals surface area contributed by atoms with Crippen LogP contribution in [0.5, 0.6) is 0 Å². The van der Waals surface area contributed by atoms with Crippen LogP contribution in [0.4, 0.5) is 0 Å². The van der Waals surface area contributed by atoms with E-state index in [1.54, 1.807) is 0 Å². The van der Waals surface area contributed by atoms with E-state index in [0.29, 0.717) is 18.1 Å². The van der Waals surface area contributed by atoms with Gasteiger partial charge in [-0.05, 0) is 19.8 Å². The number of ether oxygens (including phenoxy) is 1. The number of hydrogen-bond donors (Lipinski definition) is 0. The number of carbonyl (C=O) groups is 1. The van der Waals surface area contributed by atoms with Crippen molar-refractivity contribution in [1.82, 2.24) is 4.90 Å². The molecule has 0 aromatic heterocycles. The zero-order valence-corrected chi connectivity index (χ0v) is 11.1. The highest BCUT2D eigenvalue weighted by Gasteiger charge is 2.35. The second-order valence-corrected chi connectivity index (χ2v) is 5.30. The van der Waals surface area contributed by atoms with Crippen LogP contribution in [0.1, 0.15) is 40.5 Å². The summed E-state index contributed by atoms with van der Waals surface area (Å²) in [6.07, 6.45) is 1.77. The second kappa shape index (κ2) is 5.78. The fourth-order valence-corrected chi connectivity index (χ4v) is 2.01. The Balaban J connectivity index is 2.56. The van der Waals surface area contributed by atoms with E-state index in [1.165, 1.54) is 0 Å². The zero-order chi connectivity index (χ0) is 12.2. The molecule has 0 aromatic carbocycles. The summed E-state index contributed by atoms with van der Waals surface area (Å²) in [5, 5.41) is 0. The third-order valence-corrected chi connectivity index (χ3v) is 3.71. The van der Waals surface area contributed by atoms with Crippen molar-refractivity contribution in [2.24, 2.45) is 5.92 Å². The Morgan fingerprint density at radius 2 is 1.94 bits per heavy atom. The molecule has 1 aliphatic heterocycles. The van der Waals surface area contributed by atoms with Crippen LogP contribution in [0.25, 0.3) is 0 Å². The van der Waals surface area contributed by atoms with Crippen molar-refractivity contribution in [3.63, 3.8) is 0 Å². The van der Waals surface area contributed by atoms with Gasteiger partial charge in [0.15, 0.2) is 5.78 Å². The standard InChI is InChI=1S/C13H25NO2/c1-5-11(2)10-12(15)13(3,4)14-6-8-16-9-7-14/h11H,5-10H2,1-4H3. The first kappa shape index (κ1) is 13.7. The number of nitrogens with zero attached hydrogens (tertiary/aromatic N) is 1. The molecule has 94 valence electrons. The topological polar surface area (TPSA) is 29.5 Å². The molecule has 1 unspecified atom stereocenters. The molecule has 3 heteroatoms. The second-order valence-electron chi connectivity index (χ2n) is 5.30. The SMILES string of the molecule is CCC(C)CC(=O)C(C)(C)N1CCOCC1. The van der Waals surface area contributed by atoms with Gasteiger partial charge in [-0.2, -0.15) is 0 Å². The van der Waals surface area contributed by atoms with Crippen molar-refractivity contribution in [3.8, 4) is 0 Å². The maximum absolute atomic E-state index is 12.3. The van der Waals surface area contributed by atoms with E-state index in [1.807, 2.05) is 13.8 Å². The summed E-state index contributed by atoms with van der Waals surface area (Å²) in [6, 6.07) is 0. The summed E-state index contributed by atoms with van der Waals surface area (Å²) >= 11 is 0. The molecule has 0 saturated carbocycles. The Labute approximate surface area is 99.1 Å². The Morgan fingerprint density at radius 1 is 1.38 bits per heavy atom. The molecule has 0 amide bonds. The van der Waals surface area contributed by atoms with Crippen LogP contribution in [-0.2, 0) is 9.53 Å². The first-order valence-electron chi connectivity index (χ1n) is 6.34. The van der Waals surface area contributed by atoms with Crippen molar-refractivity contribution >= 4 is 5.78 Å². The molecule has 1 atom stereocenters. The molecule has 16 heavy (non-hydrogen) atoms. The van der Waals surface area contributed by atoms with E-state index in [-0.39, 0.29) is 5.54 Å². The van der Waals surface area contributed by atoms with Gasteiger partial charge in [-0.1, -0.05) is 20.3 Å². The Kier molecular flexibility index (Phi) is 4.93. The largest absolute Gasteiger partial charge is 0.379 e. The molecule has 1 fully saturated rings. The van der Waals surface area contributed by atoms with Crippen LogP contribution in [0.3, 0.4) is 0 Å². The zero-order valence-electron chi connectivity index (χ0n) is 11.1. The molecule has 0 bridgehead atoms. The fourth-order valence-electron chi connectivity index (χ4n) is 2.01. The van der Waals surface area contributed by atoms with Crippen molar-refractivity contribution in [2.75, 3.05) is 26.3 Å². The van der Waals surface area contributed by atoms with Gasteiger partial charge in [0.05, 0.1) is 18.8 Å². The molecule has 1 saturated heterocycles. The maximum Gasteiger partial charge on any atom is 0.152 e. The Morgan fingerprint density at radius 3 is 2.44 bits per heavy atom. The predicted molar refractivity (Wildman–Crippen MR) is 65.6 cm³/mol. The quantitative estimate of drug-likeness (QED) is 0.720. The van der Waals surface area contributed by atoms with E-state index in [9.17, 15) is 4.79 Å². The number of rotatable bonds is 5. The molecule has 1 aliphatic rings. The van der Waals surface area contributed by atoms with Crippen LogP contribution in [-0.4, -0.2) is 42.5 Å². The number of morpholine rings is 1. The molecule has 3 nitrogen and oxygen atoms in total. The lowest BCUT2D eigenvalue weighted by Gasteiger charge is -2.40. The van der Waals surface area contributed by atoms with E-state index in [2.05, 4.69) is 18.7 Å². The molecule has 0 radical (unpaired) electrons. The first-order chi connectivity index (χ1) is 7.48. The van der Waals surface area contributed by atoms with Gasteiger partial charge in [0, 0.05) is 19.5 Å². The minimum Gasteiger partial charge on any atom is -0.379 e. The van der Waals surface area contributed by atoms with Gasteiger partial charge in [-0.3, -0.25) is 9.69 Å². The third kappa shape index (κ3) is 3.29. The normalized spacial score (nSPS) is 20.8. The summed E-state index contributed by atoms with van der Waals surface area (Å²) in [6.45, 7) is 11.6. The van der Waals surface area contributed by atoms with Gasteiger partial charge in [0.25, 0.3) is 0 Å². The van der Waals surface area contributed by atoms with Crippen molar-refractivity contribution in [1.29, 1.82) is 0 Å². The summed E-state index contributed by atoms with van der Waals surface area (Å²) in [4.78, 5) is 14.5. The van der Waals surface area contributed by atoms with Gasteiger partial charge in [0.1, 0.15) is 0 Å². The van der Waals surface area contributed by atoms with Crippen molar-refractivity contribution < 1.29 is 9.53 Å². The smallest absolute Gasteiger partial charge is 0.152 e. The number of ketones is 1. The Bertz CT molecular complexity index is 232. The van der Waals surface area contributed by atoms with Crippen LogP contribution in [0.15, 0.2) is 0 Å². The van der Waals surface area contributed by atoms with Crippen LogP contribution in [0, 0.1) is 5.92 Å². The van der Waals surface area contributed by atoms with E-state index in [0.717, 1.165) is 32.7 Å². The number of carbonyl (C=O) groups excluding carboxylic acids is 1. The minimum absolute atomic E-state index is 0.326. The van der Waals surface area contributed by atoms with Gasteiger partial charge >= 0.3 is 0 Å². The van der Waals surface area contributed by atoms with Gasteiger partial charge < -0.3 is 4.74 Å². The van der Waals surface area contributed by atoms with Crippen LogP contribution in [0.2, 0.25) is 0 Å². The molecule has 0 spiro atoms. The molecule has 0 aliphatic carbocycles. The average Bonchev–Trinajstić information content (AvgIpc) is 2.29. The first-order valence-corrected chi connectivity index (χ1v) is 6.34. The fraction of sp³-hybridized carbons (Fsp3) is 0.923. The average molecular weight is 227 g/mol. The minimum atomic E-state index is -0.326. The van der Waals surface area contributed by atoms with Crippen LogP contribution < -0.4 is 0 Å². The van der Waals surface area contributed by atoms with Gasteiger partial charge in [0.2, 0.25) is 0 Å². The molecule has 1 rings (SSSR count). The lowest BCUT2D eigenvalue weighted by atomic mass is 9.89. The highest BCUT2D eigenvalue weighted by Crippen LogP contribution is 2.21. The summed E-state index contributed by atoms with van der Waals surface area (Å²) in [7, 11) is 0. The van der Waals surface area contributed by atoms with E-state index in [4.69, 9.17) is 4.74 Å². The maximum atomic E-state index is 12.3. The van der Waals surface area contributed by atoms with Gasteiger partial charge in [-0.25, -0.2) is 0 Å². The van der Waals surface area contributed by atoms with Crippen molar-refractivity contribution in [2.45, 2.75) is 46.1 Å². The molecular formula is C13H25NO2. The van der Waals surface area contributed by atoms with Crippen molar-refractivity contribution in [3.05, 3.63) is 0 Å². The lowest BCUT2D eigenvalue weighted by molar-refractivity contribution is -0.133. The van der Waals surface area contributed by atoms with Gasteiger partial charge in [-0.15, -0.1) is 0 Å².